The molecule has 0 N–H and O–H groups in total. The first kappa shape index (κ1) is 21.7. The van der Waals surface area contributed by atoms with Gasteiger partial charge >= 0.3 is 5.97 Å². The summed E-state index contributed by atoms with van der Waals surface area (Å²) in [5, 5.41) is 0. The Kier molecular flexibility index (Phi) is 8.68. The average Bonchev–Trinajstić information content (AvgIpc) is 2.48. The van der Waals surface area contributed by atoms with Crippen LogP contribution in [0.1, 0.15) is 80.6 Å². The largest absolute Gasteiger partial charge is 0.461 e. The summed E-state index contributed by atoms with van der Waals surface area (Å²) in [6.45, 7) is 15.2. The second-order valence-corrected chi connectivity index (χ2v) is 8.88. The molecule has 0 saturated carbocycles. The molecule has 1 aliphatic heterocycles. The van der Waals surface area contributed by atoms with Gasteiger partial charge in [-0.1, -0.05) is 70.1 Å². The Balaban J connectivity index is 2.98. The van der Waals surface area contributed by atoms with Gasteiger partial charge in [0.25, 0.3) is 0 Å². The predicted octanol–water partition coefficient (Wildman–Crippen LogP) is 6.63. The molecule has 142 valence electrons. The molecule has 1 rings (SSSR count). The lowest BCUT2D eigenvalue weighted by Gasteiger charge is -2.33. The zero-order valence-electron chi connectivity index (χ0n) is 17.4. The fraction of sp³-hybridized carbons (Fsp3) is 0.696. The Labute approximate surface area is 155 Å². The van der Waals surface area contributed by atoms with Crippen LogP contribution in [-0.2, 0) is 9.53 Å². The highest BCUT2D eigenvalue weighted by atomic mass is 16.5. The molecule has 0 aromatic carbocycles. The van der Waals surface area contributed by atoms with Gasteiger partial charge in [0.05, 0.1) is 0 Å². The van der Waals surface area contributed by atoms with E-state index in [1.165, 1.54) is 11.1 Å². The van der Waals surface area contributed by atoms with E-state index < -0.39 is 0 Å². The summed E-state index contributed by atoms with van der Waals surface area (Å²) < 4.78 is 5.89. The minimum absolute atomic E-state index is 0.0716. The molecule has 2 heteroatoms. The van der Waals surface area contributed by atoms with Crippen molar-refractivity contribution in [1.82, 2.24) is 0 Å². The van der Waals surface area contributed by atoms with Gasteiger partial charge in [-0.15, -0.1) is 0 Å². The van der Waals surface area contributed by atoms with E-state index in [4.69, 9.17) is 4.74 Å². The van der Waals surface area contributed by atoms with Gasteiger partial charge in [-0.05, 0) is 50.9 Å². The lowest BCUT2D eigenvalue weighted by molar-refractivity contribution is -0.157. The molecule has 0 fully saturated rings. The van der Waals surface area contributed by atoms with E-state index in [2.05, 4.69) is 72.8 Å². The summed E-state index contributed by atoms with van der Waals surface area (Å²) in [6.07, 6.45) is 13.5. The minimum Gasteiger partial charge on any atom is -0.461 e. The average molecular weight is 347 g/mol. The molecule has 3 atom stereocenters. The maximum Gasteiger partial charge on any atom is 0.306 e. The fourth-order valence-corrected chi connectivity index (χ4v) is 3.47. The van der Waals surface area contributed by atoms with E-state index in [-0.39, 0.29) is 23.4 Å². The van der Waals surface area contributed by atoms with Gasteiger partial charge in [0, 0.05) is 12.3 Å². The quantitative estimate of drug-likeness (QED) is 0.363. The van der Waals surface area contributed by atoms with E-state index in [1.807, 2.05) is 0 Å². The number of carbonyl (C=O) groups is 1. The molecule has 0 saturated heterocycles. The van der Waals surface area contributed by atoms with Crippen LogP contribution in [0.2, 0.25) is 0 Å². The van der Waals surface area contributed by atoms with Crippen molar-refractivity contribution in [1.29, 1.82) is 0 Å². The zero-order chi connectivity index (χ0) is 19.0. The van der Waals surface area contributed by atoms with Crippen molar-refractivity contribution in [2.24, 2.45) is 17.3 Å². The van der Waals surface area contributed by atoms with Crippen molar-refractivity contribution in [3.05, 3.63) is 35.5 Å². The zero-order valence-corrected chi connectivity index (χ0v) is 17.4. The Morgan fingerprint density at radius 3 is 2.36 bits per heavy atom. The first-order chi connectivity index (χ1) is 11.6. The predicted molar refractivity (Wildman–Crippen MR) is 107 cm³/mol. The molecule has 0 unspecified atom stereocenters. The second-order valence-electron chi connectivity index (χ2n) is 8.88. The van der Waals surface area contributed by atoms with Gasteiger partial charge in [0.1, 0.15) is 6.10 Å². The first-order valence-electron chi connectivity index (χ1n) is 9.78. The molecule has 0 bridgehead atoms. The molecule has 0 aliphatic carbocycles. The number of rotatable bonds is 0. The van der Waals surface area contributed by atoms with Crippen LogP contribution in [0.5, 0.6) is 0 Å². The lowest BCUT2D eigenvalue weighted by atomic mass is 9.81. The van der Waals surface area contributed by atoms with Crippen LogP contribution < -0.4 is 0 Å². The topological polar surface area (TPSA) is 26.3 Å². The molecular weight excluding hydrogens is 308 g/mol. The van der Waals surface area contributed by atoms with E-state index in [0.29, 0.717) is 12.3 Å². The summed E-state index contributed by atoms with van der Waals surface area (Å²) >= 11 is 0. The van der Waals surface area contributed by atoms with Crippen LogP contribution in [0.15, 0.2) is 35.5 Å². The maximum atomic E-state index is 12.3. The number of ether oxygens (including phenoxy) is 1. The third kappa shape index (κ3) is 8.56. The first-order valence-corrected chi connectivity index (χ1v) is 9.78. The highest BCUT2D eigenvalue weighted by Gasteiger charge is 2.32. The van der Waals surface area contributed by atoms with Crippen molar-refractivity contribution in [3.8, 4) is 0 Å². The van der Waals surface area contributed by atoms with E-state index in [9.17, 15) is 4.79 Å². The SMILES string of the molecule is C/C1=C\[C@@H](C)C/C=C/[C@@H](C)[C@H](C(C)(C)C)OC(=O)CC/C(C)=C/CC1. The Morgan fingerprint density at radius 2 is 1.72 bits per heavy atom. The second kappa shape index (κ2) is 9.99. The third-order valence-electron chi connectivity index (χ3n) is 4.86. The van der Waals surface area contributed by atoms with Crippen LogP contribution in [0.3, 0.4) is 0 Å². The van der Waals surface area contributed by atoms with Gasteiger partial charge in [-0.25, -0.2) is 0 Å². The van der Waals surface area contributed by atoms with Crippen molar-refractivity contribution in [3.63, 3.8) is 0 Å². The molecule has 0 aromatic heterocycles. The Bertz CT molecular complexity index is 517. The third-order valence-corrected chi connectivity index (χ3v) is 4.86. The van der Waals surface area contributed by atoms with Crippen molar-refractivity contribution in [2.45, 2.75) is 86.7 Å². The van der Waals surface area contributed by atoms with Gasteiger partial charge in [-0.2, -0.15) is 0 Å². The van der Waals surface area contributed by atoms with E-state index in [0.717, 1.165) is 25.7 Å². The highest BCUT2D eigenvalue weighted by molar-refractivity contribution is 5.70. The monoisotopic (exact) mass is 346 g/mol. The van der Waals surface area contributed by atoms with E-state index >= 15 is 0 Å². The molecule has 0 radical (unpaired) electrons. The smallest absolute Gasteiger partial charge is 0.306 e. The lowest BCUT2D eigenvalue weighted by Crippen LogP contribution is -2.36. The fourth-order valence-electron chi connectivity index (χ4n) is 3.47. The van der Waals surface area contributed by atoms with Crippen LogP contribution in [0.25, 0.3) is 0 Å². The normalized spacial score (nSPS) is 33.6. The summed E-state index contributed by atoms with van der Waals surface area (Å²) in [5.74, 6) is 0.673. The van der Waals surface area contributed by atoms with Crippen molar-refractivity contribution < 1.29 is 9.53 Å². The van der Waals surface area contributed by atoms with Gasteiger partial charge < -0.3 is 4.74 Å². The maximum absolute atomic E-state index is 12.3. The van der Waals surface area contributed by atoms with Gasteiger partial charge in [0.2, 0.25) is 0 Å². The van der Waals surface area contributed by atoms with E-state index in [1.54, 1.807) is 0 Å². The number of hydrogen-bond donors (Lipinski definition) is 0. The summed E-state index contributed by atoms with van der Waals surface area (Å²) in [7, 11) is 0. The Hall–Kier alpha value is -1.31. The number of carbonyl (C=O) groups excluding carboxylic acids is 1. The Morgan fingerprint density at radius 1 is 1.04 bits per heavy atom. The van der Waals surface area contributed by atoms with Gasteiger partial charge in [-0.3, -0.25) is 4.79 Å². The van der Waals surface area contributed by atoms with Gasteiger partial charge in [0.15, 0.2) is 0 Å². The van der Waals surface area contributed by atoms with Crippen LogP contribution in [0, 0.1) is 17.3 Å². The molecule has 0 spiro atoms. The summed E-state index contributed by atoms with van der Waals surface area (Å²) in [5.41, 5.74) is 2.67. The standard InChI is InChI=1S/C23H38O2/c1-17-10-8-11-18(2)16-19(3)12-9-13-20(4)22(23(5,6)7)25-21(24)15-14-17/h9-10,13,16,19-20,22H,8,11-12,14-15H2,1-7H3/b13-9+,17-10+,18-16+/t19-,20+,22+/m0/s1. The van der Waals surface area contributed by atoms with Crippen molar-refractivity contribution in [2.75, 3.05) is 0 Å². The molecule has 1 aliphatic rings. The molecule has 0 aromatic rings. The highest BCUT2D eigenvalue weighted by Crippen LogP contribution is 2.30. The number of esters is 1. The summed E-state index contributed by atoms with van der Waals surface area (Å²) in [6, 6.07) is 0. The number of allylic oxidation sites excluding steroid dienone is 5. The molecular formula is C23H38O2. The number of hydrogen-bond acceptors (Lipinski definition) is 2. The summed E-state index contributed by atoms with van der Waals surface area (Å²) in [4.78, 5) is 12.3. The molecule has 25 heavy (non-hydrogen) atoms. The van der Waals surface area contributed by atoms with Crippen LogP contribution in [0.4, 0.5) is 0 Å². The number of cyclic esters (lactones) is 1. The molecule has 1 heterocycles. The molecule has 2 nitrogen and oxygen atoms in total. The minimum atomic E-state index is -0.0963. The molecule has 0 amide bonds. The van der Waals surface area contributed by atoms with Crippen LogP contribution in [-0.4, -0.2) is 12.1 Å². The van der Waals surface area contributed by atoms with Crippen LogP contribution >= 0.6 is 0 Å². The van der Waals surface area contributed by atoms with Crippen molar-refractivity contribution >= 4 is 5.97 Å².